The Balaban J connectivity index is 1.22. The summed E-state index contributed by atoms with van der Waals surface area (Å²) in [7, 11) is 0. The maximum atomic E-state index is 13.6. The zero-order valence-corrected chi connectivity index (χ0v) is 20.5. The topological polar surface area (TPSA) is 52.6 Å². The SMILES string of the molecule is CCOC(=O)C(F)(F)CCCCCCOc1ccc2c(c1)CC[C@@H]1[C@@H]2CC[C@]2(C)C(=O)CC[C@@H]12. The summed E-state index contributed by atoms with van der Waals surface area (Å²) in [5, 5.41) is 0. The van der Waals surface area contributed by atoms with Crippen molar-refractivity contribution in [1.82, 2.24) is 0 Å². The Hall–Kier alpha value is -1.98. The number of ether oxygens (including phenoxy) is 2. The minimum absolute atomic E-state index is 0.0311. The molecule has 3 aliphatic carbocycles. The van der Waals surface area contributed by atoms with Gasteiger partial charge in [-0.1, -0.05) is 25.8 Å². The van der Waals surface area contributed by atoms with Crippen LogP contribution in [-0.2, 0) is 20.7 Å². The van der Waals surface area contributed by atoms with E-state index in [2.05, 4.69) is 29.9 Å². The van der Waals surface area contributed by atoms with Crippen molar-refractivity contribution in [2.24, 2.45) is 17.3 Å². The second kappa shape index (κ2) is 10.3. The molecule has 2 fully saturated rings. The summed E-state index contributed by atoms with van der Waals surface area (Å²) in [6.07, 6.45) is 8.18. The molecule has 0 N–H and O–H groups in total. The van der Waals surface area contributed by atoms with Gasteiger partial charge in [-0.15, -0.1) is 0 Å². The van der Waals surface area contributed by atoms with Crippen molar-refractivity contribution in [2.45, 2.75) is 96.3 Å². The molecule has 0 amide bonds. The number of ketones is 1. The number of hydrogen-bond donors (Lipinski definition) is 0. The van der Waals surface area contributed by atoms with Gasteiger partial charge < -0.3 is 9.47 Å². The van der Waals surface area contributed by atoms with Gasteiger partial charge >= 0.3 is 11.9 Å². The Morgan fingerprint density at radius 2 is 1.91 bits per heavy atom. The van der Waals surface area contributed by atoms with Crippen molar-refractivity contribution in [3.8, 4) is 5.75 Å². The number of benzene rings is 1. The fourth-order valence-corrected chi connectivity index (χ4v) is 6.75. The number of carbonyl (C=O) groups excluding carboxylic acids is 2. The van der Waals surface area contributed by atoms with Gasteiger partial charge in [-0.05, 0) is 92.9 Å². The molecule has 4 atom stereocenters. The summed E-state index contributed by atoms with van der Waals surface area (Å²) < 4.78 is 37.6. The zero-order chi connectivity index (χ0) is 24.3. The van der Waals surface area contributed by atoms with Gasteiger partial charge in [-0.2, -0.15) is 8.78 Å². The molecule has 188 valence electrons. The smallest absolute Gasteiger partial charge is 0.376 e. The van der Waals surface area contributed by atoms with Gasteiger partial charge in [0.15, 0.2) is 0 Å². The van der Waals surface area contributed by atoms with Gasteiger partial charge in [-0.25, -0.2) is 4.79 Å². The Morgan fingerprint density at radius 1 is 1.12 bits per heavy atom. The zero-order valence-electron chi connectivity index (χ0n) is 20.5. The molecule has 0 heterocycles. The second-order valence-electron chi connectivity index (χ2n) is 10.6. The van der Waals surface area contributed by atoms with Crippen LogP contribution in [-0.4, -0.2) is 30.9 Å². The van der Waals surface area contributed by atoms with E-state index in [0.29, 0.717) is 43.0 Å². The first-order chi connectivity index (χ1) is 16.3. The number of alkyl halides is 2. The highest BCUT2D eigenvalue weighted by atomic mass is 19.3. The predicted octanol–water partition coefficient (Wildman–Crippen LogP) is 6.64. The average molecular weight is 477 g/mol. The third-order valence-corrected chi connectivity index (χ3v) is 8.63. The van der Waals surface area contributed by atoms with Crippen LogP contribution in [0.5, 0.6) is 5.75 Å². The molecule has 0 aromatic heterocycles. The molecule has 0 aliphatic heterocycles. The number of aryl methyl sites for hydroxylation is 1. The highest BCUT2D eigenvalue weighted by Gasteiger charge is 2.54. The van der Waals surface area contributed by atoms with Crippen molar-refractivity contribution in [3.63, 3.8) is 0 Å². The van der Waals surface area contributed by atoms with Gasteiger partial charge in [-0.3, -0.25) is 4.79 Å². The molecular formula is C28H38F2O4. The predicted molar refractivity (Wildman–Crippen MR) is 126 cm³/mol. The van der Waals surface area contributed by atoms with E-state index in [1.165, 1.54) is 18.1 Å². The van der Waals surface area contributed by atoms with E-state index in [9.17, 15) is 18.4 Å². The molecule has 0 spiro atoms. The highest BCUT2D eigenvalue weighted by Crippen LogP contribution is 2.59. The van der Waals surface area contributed by atoms with E-state index in [1.54, 1.807) is 0 Å². The largest absolute Gasteiger partial charge is 0.494 e. The number of fused-ring (bicyclic) bond motifs is 5. The number of carbonyl (C=O) groups is 2. The van der Waals surface area contributed by atoms with Crippen LogP contribution in [0.2, 0.25) is 0 Å². The van der Waals surface area contributed by atoms with E-state index in [-0.39, 0.29) is 12.0 Å². The van der Waals surface area contributed by atoms with Gasteiger partial charge in [0.2, 0.25) is 0 Å². The van der Waals surface area contributed by atoms with Crippen molar-refractivity contribution in [3.05, 3.63) is 29.3 Å². The molecule has 4 rings (SSSR count). The molecule has 3 aliphatic rings. The minimum atomic E-state index is -3.39. The van der Waals surface area contributed by atoms with Gasteiger partial charge in [0.1, 0.15) is 11.5 Å². The van der Waals surface area contributed by atoms with E-state index in [4.69, 9.17) is 4.74 Å². The highest BCUT2D eigenvalue weighted by molar-refractivity contribution is 5.87. The molecule has 0 bridgehead atoms. The molecule has 2 saturated carbocycles. The van der Waals surface area contributed by atoms with Crippen LogP contribution in [0.3, 0.4) is 0 Å². The van der Waals surface area contributed by atoms with E-state index >= 15 is 0 Å². The third kappa shape index (κ3) is 5.01. The number of halogens is 2. The molecule has 4 nitrogen and oxygen atoms in total. The lowest BCUT2D eigenvalue weighted by Crippen LogP contribution is -2.42. The Labute approximate surface area is 201 Å². The van der Waals surface area contributed by atoms with Crippen LogP contribution < -0.4 is 4.74 Å². The standard InChI is InChI=1S/C28H38F2O4/c1-3-33-26(32)28(29,30)15-6-4-5-7-17-34-20-9-11-21-19(18-20)8-10-23-22(21)14-16-27(2)24(23)12-13-25(27)31/h9,11,18,22-24H,3-8,10,12-17H2,1-2H3/t22-,23-,24+,27+/m1/s1. The fraction of sp³-hybridized carbons (Fsp3) is 0.714. The van der Waals surface area contributed by atoms with E-state index < -0.39 is 18.3 Å². The van der Waals surface area contributed by atoms with Crippen LogP contribution in [0.1, 0.15) is 95.1 Å². The van der Waals surface area contributed by atoms with Crippen LogP contribution in [0, 0.1) is 17.3 Å². The number of Topliss-reactive ketones (excluding diaryl/α,β-unsaturated/α-hetero) is 1. The first-order valence-corrected chi connectivity index (χ1v) is 13.1. The molecular weight excluding hydrogens is 438 g/mol. The maximum absolute atomic E-state index is 13.6. The van der Waals surface area contributed by atoms with Crippen molar-refractivity contribution >= 4 is 11.8 Å². The quantitative estimate of drug-likeness (QED) is 0.281. The summed E-state index contributed by atoms with van der Waals surface area (Å²) in [5.74, 6) is -1.72. The van der Waals surface area contributed by atoms with Crippen molar-refractivity contribution in [1.29, 1.82) is 0 Å². The lowest BCUT2D eigenvalue weighted by atomic mass is 9.55. The lowest BCUT2D eigenvalue weighted by molar-refractivity contribution is -0.172. The summed E-state index contributed by atoms with van der Waals surface area (Å²) in [6, 6.07) is 6.48. The van der Waals surface area contributed by atoms with Crippen LogP contribution in [0.4, 0.5) is 8.78 Å². The Morgan fingerprint density at radius 3 is 2.71 bits per heavy atom. The first-order valence-electron chi connectivity index (χ1n) is 13.1. The fourth-order valence-electron chi connectivity index (χ4n) is 6.75. The molecule has 6 heteroatoms. The van der Waals surface area contributed by atoms with E-state index in [0.717, 1.165) is 57.1 Å². The van der Waals surface area contributed by atoms with Crippen molar-refractivity contribution in [2.75, 3.05) is 13.2 Å². The molecule has 0 radical (unpaired) electrons. The molecule has 0 saturated heterocycles. The van der Waals surface area contributed by atoms with Crippen LogP contribution >= 0.6 is 0 Å². The number of unbranched alkanes of at least 4 members (excludes halogenated alkanes) is 3. The maximum Gasteiger partial charge on any atom is 0.376 e. The number of esters is 1. The minimum Gasteiger partial charge on any atom is -0.494 e. The third-order valence-electron chi connectivity index (χ3n) is 8.63. The first kappa shape index (κ1) is 25.1. The van der Waals surface area contributed by atoms with Crippen molar-refractivity contribution < 1.29 is 27.8 Å². The van der Waals surface area contributed by atoms with Gasteiger partial charge in [0, 0.05) is 18.3 Å². The molecule has 34 heavy (non-hydrogen) atoms. The van der Waals surface area contributed by atoms with Gasteiger partial charge in [0.05, 0.1) is 13.2 Å². The average Bonchev–Trinajstić information content (AvgIpc) is 3.12. The normalized spacial score (nSPS) is 28.1. The van der Waals surface area contributed by atoms with Crippen LogP contribution in [0.25, 0.3) is 0 Å². The Kier molecular flexibility index (Phi) is 7.63. The van der Waals surface area contributed by atoms with Crippen LogP contribution in [0.15, 0.2) is 18.2 Å². The summed E-state index contributed by atoms with van der Waals surface area (Å²) in [6.45, 7) is 4.26. The Bertz CT molecular complexity index is 898. The summed E-state index contributed by atoms with van der Waals surface area (Å²) in [4.78, 5) is 23.7. The number of hydrogen-bond acceptors (Lipinski definition) is 4. The van der Waals surface area contributed by atoms with Gasteiger partial charge in [0.25, 0.3) is 0 Å². The molecule has 1 aromatic rings. The summed E-state index contributed by atoms with van der Waals surface area (Å²) in [5.41, 5.74) is 2.75. The molecule has 1 aromatic carbocycles. The lowest BCUT2D eigenvalue weighted by Gasteiger charge is -2.48. The number of rotatable bonds is 10. The summed E-state index contributed by atoms with van der Waals surface area (Å²) >= 11 is 0. The second-order valence-corrected chi connectivity index (χ2v) is 10.6. The van der Waals surface area contributed by atoms with E-state index in [1.807, 2.05) is 0 Å². The molecule has 0 unspecified atom stereocenters. The monoisotopic (exact) mass is 476 g/mol.